The number of aromatic nitrogens is 1. The summed E-state index contributed by atoms with van der Waals surface area (Å²) in [7, 11) is 1.06. The number of hydrogen-bond donors (Lipinski definition) is 0. The van der Waals surface area contributed by atoms with Gasteiger partial charge in [-0.25, -0.2) is 14.8 Å². The Labute approximate surface area is 253 Å². The molecule has 4 heterocycles. The Kier molecular flexibility index (Phi) is 10.0. The number of carbonyl (C=O) groups excluding carboxylic acids is 1. The summed E-state index contributed by atoms with van der Waals surface area (Å²) in [6.07, 6.45) is 5.65. The van der Waals surface area contributed by atoms with Gasteiger partial charge in [0.1, 0.15) is 12.6 Å². The van der Waals surface area contributed by atoms with Crippen LogP contribution in [0.3, 0.4) is 0 Å². The number of rotatable bonds is 8. The standard InChI is InChI=1S/C29H36ClN5O4S2/c1-20-18-22(4-6-24(20)41(3)37)26-28(40-25-7-5-23(30)19-31-25)39-27(32-26)21-8-10-35(11-9-21)29(36)38-17-16-34-14-12-33(2)13-15-34/h4-8,18-19,26,28H,9-17H2,1-3H3. The van der Waals surface area contributed by atoms with Gasteiger partial charge in [0, 0.05) is 68.7 Å². The molecular formula is C29H36ClN5O4S2. The first-order valence-electron chi connectivity index (χ1n) is 13.8. The molecule has 9 nitrogen and oxygen atoms in total. The van der Waals surface area contributed by atoms with Gasteiger partial charge in [-0.05, 0) is 49.7 Å². The molecular weight excluding hydrogens is 582 g/mol. The predicted molar refractivity (Wildman–Crippen MR) is 163 cm³/mol. The molecule has 3 aliphatic rings. The van der Waals surface area contributed by atoms with E-state index in [1.165, 1.54) is 11.8 Å². The first kappa shape index (κ1) is 30.0. The van der Waals surface area contributed by atoms with E-state index in [2.05, 4.69) is 21.8 Å². The molecule has 3 unspecified atom stereocenters. The monoisotopic (exact) mass is 617 g/mol. The quantitative estimate of drug-likeness (QED) is 0.431. The molecule has 0 aliphatic carbocycles. The molecule has 12 heteroatoms. The van der Waals surface area contributed by atoms with Crippen LogP contribution in [0.15, 0.2) is 63.1 Å². The fourth-order valence-corrected chi connectivity index (χ4v) is 6.92. The second-order valence-corrected chi connectivity index (χ2v) is 13.4. The van der Waals surface area contributed by atoms with E-state index in [0.717, 1.165) is 59.3 Å². The fraction of sp³-hybridized carbons (Fsp3) is 0.483. The lowest BCUT2D eigenvalue weighted by molar-refractivity contribution is 0.0810. The molecule has 220 valence electrons. The Morgan fingerprint density at radius 1 is 1.20 bits per heavy atom. The highest BCUT2D eigenvalue weighted by Crippen LogP contribution is 2.41. The van der Waals surface area contributed by atoms with Crippen molar-refractivity contribution in [2.24, 2.45) is 4.99 Å². The Morgan fingerprint density at radius 2 is 2.00 bits per heavy atom. The lowest BCUT2D eigenvalue weighted by Gasteiger charge is -2.32. The summed E-state index contributed by atoms with van der Waals surface area (Å²) in [6.45, 7) is 8.20. The number of amides is 1. The zero-order valence-electron chi connectivity index (χ0n) is 23.6. The van der Waals surface area contributed by atoms with Crippen LogP contribution in [0, 0.1) is 6.92 Å². The minimum Gasteiger partial charge on any atom is -0.460 e. The lowest BCUT2D eigenvalue weighted by Crippen LogP contribution is -2.46. The number of ether oxygens (including phenoxy) is 2. The molecule has 1 aromatic carbocycles. The Balaban J connectivity index is 1.24. The van der Waals surface area contributed by atoms with Crippen LogP contribution in [-0.2, 0) is 20.3 Å². The first-order valence-corrected chi connectivity index (χ1v) is 16.6. The maximum atomic E-state index is 12.7. The van der Waals surface area contributed by atoms with Crippen LogP contribution in [0.1, 0.15) is 23.6 Å². The number of halogens is 1. The molecule has 5 rings (SSSR count). The van der Waals surface area contributed by atoms with E-state index in [1.54, 1.807) is 23.4 Å². The van der Waals surface area contributed by atoms with Crippen molar-refractivity contribution < 1.29 is 18.5 Å². The van der Waals surface area contributed by atoms with Gasteiger partial charge in [0.05, 0.1) is 20.8 Å². The molecule has 3 atom stereocenters. The van der Waals surface area contributed by atoms with Gasteiger partial charge in [0.2, 0.25) is 5.90 Å². The largest absolute Gasteiger partial charge is 0.460 e. The number of piperazine rings is 1. The van der Waals surface area contributed by atoms with Crippen molar-refractivity contribution in [3.8, 4) is 0 Å². The Bertz CT molecular complexity index is 1330. The summed E-state index contributed by atoms with van der Waals surface area (Å²) in [5.41, 5.74) is 2.58. The fourth-order valence-electron chi connectivity index (χ4n) is 5.05. The van der Waals surface area contributed by atoms with Crippen LogP contribution >= 0.6 is 23.4 Å². The number of likely N-dealkylation sites (N-methyl/N-ethyl adjacent to an activating group) is 1. The van der Waals surface area contributed by atoms with Crippen molar-refractivity contribution in [2.45, 2.75) is 34.7 Å². The van der Waals surface area contributed by atoms with E-state index in [4.69, 9.17) is 26.1 Å². The topological polar surface area (TPSA) is 87.6 Å². The molecule has 41 heavy (non-hydrogen) atoms. The van der Waals surface area contributed by atoms with Crippen LogP contribution in [0.5, 0.6) is 0 Å². The maximum Gasteiger partial charge on any atom is 0.410 e. The van der Waals surface area contributed by atoms with Crippen molar-refractivity contribution >= 4 is 46.2 Å². The number of carbonyl (C=O) groups is 1. The zero-order chi connectivity index (χ0) is 28.9. The smallest absolute Gasteiger partial charge is 0.410 e. The van der Waals surface area contributed by atoms with Crippen LogP contribution in [0.25, 0.3) is 0 Å². The molecule has 0 radical (unpaired) electrons. The summed E-state index contributed by atoms with van der Waals surface area (Å²) >= 11 is 7.53. The molecule has 2 aromatic rings. The number of benzene rings is 1. The molecule has 0 saturated carbocycles. The van der Waals surface area contributed by atoms with E-state index < -0.39 is 10.8 Å². The normalized spacial score (nSPS) is 22.6. The second kappa shape index (κ2) is 13.7. The molecule has 1 saturated heterocycles. The number of nitrogens with zero attached hydrogens (tertiary/aromatic N) is 5. The average Bonchev–Trinajstić information content (AvgIpc) is 3.39. The molecule has 0 N–H and O–H groups in total. The second-order valence-electron chi connectivity index (χ2n) is 10.5. The van der Waals surface area contributed by atoms with Crippen molar-refractivity contribution in [1.82, 2.24) is 19.7 Å². The van der Waals surface area contributed by atoms with Gasteiger partial charge in [-0.3, -0.25) is 9.11 Å². The van der Waals surface area contributed by atoms with E-state index in [1.807, 2.05) is 37.3 Å². The zero-order valence-corrected chi connectivity index (χ0v) is 26.0. The summed E-state index contributed by atoms with van der Waals surface area (Å²) < 4.78 is 24.1. The average molecular weight is 618 g/mol. The third-order valence-corrected chi connectivity index (χ3v) is 9.87. The summed E-state index contributed by atoms with van der Waals surface area (Å²) in [5, 5.41) is 1.36. The summed E-state index contributed by atoms with van der Waals surface area (Å²) in [6, 6.07) is 9.32. The van der Waals surface area contributed by atoms with Crippen LogP contribution < -0.4 is 0 Å². The van der Waals surface area contributed by atoms with E-state index >= 15 is 0 Å². The molecule has 0 bridgehead atoms. The molecule has 0 spiro atoms. The van der Waals surface area contributed by atoms with Crippen molar-refractivity contribution in [3.63, 3.8) is 0 Å². The number of hydrogen-bond acceptors (Lipinski definition) is 9. The van der Waals surface area contributed by atoms with Gasteiger partial charge in [-0.15, -0.1) is 0 Å². The lowest BCUT2D eigenvalue weighted by atomic mass is 10.1. The first-order chi connectivity index (χ1) is 19.8. The predicted octanol–water partition coefficient (Wildman–Crippen LogP) is 4.39. The van der Waals surface area contributed by atoms with Gasteiger partial charge in [-0.1, -0.05) is 41.6 Å². The molecule has 1 amide bonds. The number of thioether (sulfide) groups is 1. The maximum absolute atomic E-state index is 12.7. The third kappa shape index (κ3) is 7.70. The summed E-state index contributed by atoms with van der Waals surface area (Å²) in [5.74, 6) is 0.588. The number of aryl methyl sites for hydroxylation is 1. The number of aliphatic imine (C=N–C) groups is 1. The molecule has 1 fully saturated rings. The van der Waals surface area contributed by atoms with Crippen LogP contribution in [-0.4, -0.2) is 107 Å². The van der Waals surface area contributed by atoms with Gasteiger partial charge in [0.15, 0.2) is 5.44 Å². The third-order valence-electron chi connectivity index (χ3n) is 7.50. The Hall–Kier alpha value is -2.44. The van der Waals surface area contributed by atoms with Gasteiger partial charge < -0.3 is 19.3 Å². The van der Waals surface area contributed by atoms with E-state index in [-0.39, 0.29) is 17.6 Å². The molecule has 3 aliphatic heterocycles. The van der Waals surface area contributed by atoms with E-state index in [9.17, 15) is 9.00 Å². The number of pyridine rings is 1. The van der Waals surface area contributed by atoms with E-state index in [0.29, 0.717) is 37.0 Å². The van der Waals surface area contributed by atoms with Gasteiger partial charge >= 0.3 is 6.09 Å². The highest BCUT2D eigenvalue weighted by molar-refractivity contribution is 7.99. The molecule has 1 aromatic heterocycles. The van der Waals surface area contributed by atoms with Gasteiger partial charge in [0.25, 0.3) is 0 Å². The highest BCUT2D eigenvalue weighted by atomic mass is 35.5. The highest BCUT2D eigenvalue weighted by Gasteiger charge is 2.36. The minimum absolute atomic E-state index is 0.274. The summed E-state index contributed by atoms with van der Waals surface area (Å²) in [4.78, 5) is 29.3. The van der Waals surface area contributed by atoms with Crippen LogP contribution in [0.4, 0.5) is 4.79 Å². The van der Waals surface area contributed by atoms with Gasteiger partial charge in [-0.2, -0.15) is 0 Å². The van der Waals surface area contributed by atoms with Crippen molar-refractivity contribution in [3.05, 3.63) is 64.3 Å². The SMILES string of the molecule is Cc1cc(C2N=C(C3=CCN(C(=O)OCCN4CCN(C)CC4)CC3)OC2Sc2ccc(Cl)cn2)ccc1S(C)=O. The minimum atomic E-state index is -1.07. The van der Waals surface area contributed by atoms with Crippen molar-refractivity contribution in [2.75, 3.05) is 65.7 Å². The van der Waals surface area contributed by atoms with Crippen LogP contribution in [0.2, 0.25) is 5.02 Å². The van der Waals surface area contributed by atoms with Crippen molar-refractivity contribution in [1.29, 1.82) is 0 Å². The Morgan fingerprint density at radius 3 is 2.66 bits per heavy atom.